The summed E-state index contributed by atoms with van der Waals surface area (Å²) in [6, 6.07) is 7.38. The van der Waals surface area contributed by atoms with E-state index in [-0.39, 0.29) is 48.4 Å². The maximum atomic E-state index is 12.8. The molecule has 2 aromatic carbocycles. The Kier molecular flexibility index (Phi) is 7.72. The monoisotopic (exact) mass is 514 g/mol. The molecule has 3 N–H and O–H groups in total. The Morgan fingerprint density at radius 2 is 1.84 bits per heavy atom. The van der Waals surface area contributed by atoms with Gasteiger partial charge in [-0.15, -0.1) is 0 Å². The predicted octanol–water partition coefficient (Wildman–Crippen LogP) is 2.50. The number of carbonyl (C=O) groups excluding carboxylic acids is 1. The third kappa shape index (κ3) is 4.99. The van der Waals surface area contributed by atoms with Crippen molar-refractivity contribution in [1.29, 1.82) is 0 Å². The number of hydrogen-bond acceptors (Lipinski definition) is 8. The number of hydrogen-bond donors (Lipinski definition) is 3. The highest BCUT2D eigenvalue weighted by Gasteiger charge is 2.49. The van der Waals surface area contributed by atoms with E-state index < -0.39 is 29.8 Å². The largest absolute Gasteiger partial charge is 0.493 e. The second kappa shape index (κ2) is 11.0. The second-order valence-corrected chi connectivity index (χ2v) is 8.88. The molecule has 1 amide bonds. The average molecular weight is 515 g/mol. The van der Waals surface area contributed by atoms with Gasteiger partial charge < -0.3 is 34.5 Å². The third-order valence-corrected chi connectivity index (χ3v) is 6.74. The van der Waals surface area contributed by atoms with E-state index in [1.54, 1.807) is 29.2 Å². The number of aromatic carboxylic acids is 1. The lowest BCUT2D eigenvalue weighted by atomic mass is 9.81. The number of rotatable bonds is 10. The molecule has 1 saturated heterocycles. The van der Waals surface area contributed by atoms with E-state index in [9.17, 15) is 24.6 Å². The summed E-state index contributed by atoms with van der Waals surface area (Å²) in [4.78, 5) is 39.7. The normalized spacial score (nSPS) is 20.5. The number of carbonyl (C=O) groups is 3. The Labute approximate surface area is 213 Å². The van der Waals surface area contributed by atoms with Gasteiger partial charge in [-0.25, -0.2) is 4.79 Å². The fourth-order valence-electron chi connectivity index (χ4n) is 5.16. The number of methoxy groups -OCH3 is 2. The van der Waals surface area contributed by atoms with Gasteiger partial charge in [0.15, 0.2) is 23.0 Å². The first-order valence-corrected chi connectivity index (χ1v) is 11.9. The lowest BCUT2D eigenvalue weighted by molar-refractivity contribution is -0.143. The number of likely N-dealkylation sites (tertiary alicyclic amines) is 1. The molecular weight excluding hydrogens is 484 g/mol. The molecule has 0 bridgehead atoms. The number of carboxylic acids is 2. The zero-order valence-corrected chi connectivity index (χ0v) is 20.9. The molecule has 3 atom stereocenters. The summed E-state index contributed by atoms with van der Waals surface area (Å²) < 4.78 is 21.5. The van der Waals surface area contributed by atoms with Crippen LogP contribution in [0.25, 0.3) is 0 Å². The van der Waals surface area contributed by atoms with Gasteiger partial charge in [-0.05, 0) is 35.7 Å². The van der Waals surface area contributed by atoms with Gasteiger partial charge in [0, 0.05) is 19.0 Å². The maximum Gasteiger partial charge on any atom is 0.339 e. The van der Waals surface area contributed by atoms with Gasteiger partial charge in [0.25, 0.3) is 0 Å². The molecule has 2 aliphatic rings. The zero-order valence-electron chi connectivity index (χ0n) is 20.9. The quantitative estimate of drug-likeness (QED) is 0.433. The first-order chi connectivity index (χ1) is 17.8. The number of benzene rings is 2. The molecule has 198 valence electrons. The molecule has 0 aliphatic carbocycles. The van der Waals surface area contributed by atoms with Crippen molar-refractivity contribution in [3.63, 3.8) is 0 Å². The summed E-state index contributed by atoms with van der Waals surface area (Å²) in [5, 5.41) is 23.4. The molecule has 2 heterocycles. The molecule has 2 aliphatic heterocycles. The van der Waals surface area contributed by atoms with Crippen LogP contribution in [0.5, 0.6) is 23.0 Å². The van der Waals surface area contributed by atoms with Crippen LogP contribution < -0.4 is 24.3 Å². The van der Waals surface area contributed by atoms with E-state index in [1.165, 1.54) is 20.3 Å². The van der Waals surface area contributed by atoms with Gasteiger partial charge in [-0.3, -0.25) is 14.5 Å². The number of ether oxygens (including phenoxy) is 4. The molecular formula is C26H30N2O9. The summed E-state index contributed by atoms with van der Waals surface area (Å²) in [6.45, 7) is 2.57. The first-order valence-electron chi connectivity index (χ1n) is 11.9. The highest BCUT2D eigenvalue weighted by atomic mass is 16.7. The van der Waals surface area contributed by atoms with Crippen LogP contribution in [0.3, 0.4) is 0 Å². The minimum absolute atomic E-state index is 0.0152. The van der Waals surface area contributed by atoms with E-state index in [4.69, 9.17) is 18.9 Å². The Morgan fingerprint density at radius 1 is 1.08 bits per heavy atom. The van der Waals surface area contributed by atoms with Crippen LogP contribution in [0, 0.1) is 5.92 Å². The van der Waals surface area contributed by atoms with Crippen molar-refractivity contribution in [1.82, 2.24) is 10.2 Å². The SMILES string of the molecule is CCCNC(=O)CN1CC(c2ccc3c(c2)OCO3)C(C(=O)O)C1c1ccc(OC)c(OC)c1C(=O)O. The molecule has 0 radical (unpaired) electrons. The molecule has 1 fully saturated rings. The topological polar surface area (TPSA) is 144 Å². The van der Waals surface area contributed by atoms with Crippen LogP contribution in [0.4, 0.5) is 0 Å². The number of nitrogens with zero attached hydrogens (tertiary/aromatic N) is 1. The molecule has 0 spiro atoms. The van der Waals surface area contributed by atoms with Crippen LogP contribution in [-0.2, 0) is 9.59 Å². The molecule has 11 heteroatoms. The smallest absolute Gasteiger partial charge is 0.339 e. The predicted molar refractivity (Wildman–Crippen MR) is 131 cm³/mol. The van der Waals surface area contributed by atoms with E-state index >= 15 is 0 Å². The molecule has 37 heavy (non-hydrogen) atoms. The van der Waals surface area contributed by atoms with Crippen LogP contribution in [-0.4, -0.2) is 73.6 Å². The molecule has 0 aromatic heterocycles. The average Bonchev–Trinajstić information content (AvgIpc) is 3.50. The summed E-state index contributed by atoms with van der Waals surface area (Å²) in [5.41, 5.74) is 0.711. The van der Waals surface area contributed by atoms with Crippen molar-refractivity contribution >= 4 is 17.8 Å². The molecule has 0 saturated carbocycles. The minimum atomic E-state index is -1.29. The Bertz CT molecular complexity index is 1200. The summed E-state index contributed by atoms with van der Waals surface area (Å²) in [7, 11) is 2.71. The lowest BCUT2D eigenvalue weighted by Crippen LogP contribution is -2.39. The highest BCUT2D eigenvalue weighted by Crippen LogP contribution is 2.50. The Morgan fingerprint density at radius 3 is 2.49 bits per heavy atom. The van der Waals surface area contributed by atoms with E-state index in [1.807, 2.05) is 6.92 Å². The van der Waals surface area contributed by atoms with Gasteiger partial charge in [-0.1, -0.05) is 19.1 Å². The van der Waals surface area contributed by atoms with Gasteiger partial charge >= 0.3 is 11.9 Å². The molecule has 2 aromatic rings. The number of amides is 1. The Hall–Kier alpha value is -3.99. The summed E-state index contributed by atoms with van der Waals surface area (Å²) >= 11 is 0. The van der Waals surface area contributed by atoms with Crippen LogP contribution in [0.1, 0.15) is 46.8 Å². The van der Waals surface area contributed by atoms with Crippen LogP contribution in [0.15, 0.2) is 30.3 Å². The summed E-state index contributed by atoms with van der Waals surface area (Å²) in [5.74, 6) is -3.07. The zero-order chi connectivity index (χ0) is 26.7. The minimum Gasteiger partial charge on any atom is -0.493 e. The number of fused-ring (bicyclic) bond motifs is 1. The second-order valence-electron chi connectivity index (χ2n) is 8.88. The van der Waals surface area contributed by atoms with Crippen molar-refractivity contribution < 1.29 is 43.5 Å². The Balaban J connectivity index is 1.84. The van der Waals surface area contributed by atoms with Gasteiger partial charge in [-0.2, -0.15) is 0 Å². The molecule has 4 rings (SSSR count). The first kappa shape index (κ1) is 26.1. The third-order valence-electron chi connectivity index (χ3n) is 6.74. The van der Waals surface area contributed by atoms with Crippen LogP contribution >= 0.6 is 0 Å². The maximum absolute atomic E-state index is 12.8. The molecule has 3 unspecified atom stereocenters. The van der Waals surface area contributed by atoms with Crippen molar-refractivity contribution in [2.75, 3.05) is 40.6 Å². The number of carboxylic acid groups (broad SMARTS) is 2. The van der Waals surface area contributed by atoms with Gasteiger partial charge in [0.2, 0.25) is 12.7 Å². The highest BCUT2D eigenvalue weighted by molar-refractivity contribution is 5.94. The fraction of sp³-hybridized carbons (Fsp3) is 0.423. The van der Waals surface area contributed by atoms with E-state index in [2.05, 4.69) is 5.32 Å². The fourth-order valence-corrected chi connectivity index (χ4v) is 5.16. The van der Waals surface area contributed by atoms with Gasteiger partial charge in [0.05, 0.1) is 32.7 Å². The van der Waals surface area contributed by atoms with Crippen molar-refractivity contribution in [2.45, 2.75) is 25.3 Å². The van der Waals surface area contributed by atoms with Crippen molar-refractivity contribution in [2.24, 2.45) is 5.92 Å². The standard InChI is InChI=1S/C26H30N2O9/c1-4-9-27-20(29)12-28-11-16(14-5-7-17-19(10-14)37-13-36-17)21(25(30)31)23(28)15-6-8-18(34-2)24(35-3)22(15)26(32)33/h5-8,10,16,21,23H,4,9,11-13H2,1-3H3,(H,27,29)(H,30,31)(H,32,33). The van der Waals surface area contributed by atoms with Crippen molar-refractivity contribution in [3.8, 4) is 23.0 Å². The van der Waals surface area contributed by atoms with E-state index in [0.29, 0.717) is 23.6 Å². The molecule has 11 nitrogen and oxygen atoms in total. The van der Waals surface area contributed by atoms with Gasteiger partial charge in [0.1, 0.15) is 5.56 Å². The van der Waals surface area contributed by atoms with Crippen molar-refractivity contribution in [3.05, 3.63) is 47.0 Å². The number of nitrogens with one attached hydrogen (secondary N) is 1. The lowest BCUT2D eigenvalue weighted by Gasteiger charge is -2.29. The number of aliphatic carboxylic acids is 1. The van der Waals surface area contributed by atoms with Crippen LogP contribution in [0.2, 0.25) is 0 Å². The van der Waals surface area contributed by atoms with E-state index in [0.717, 1.165) is 6.42 Å². The summed E-state index contributed by atoms with van der Waals surface area (Å²) in [6.07, 6.45) is 0.742.